The summed E-state index contributed by atoms with van der Waals surface area (Å²) in [6.07, 6.45) is -4.21. The summed E-state index contributed by atoms with van der Waals surface area (Å²) in [6, 6.07) is -1.44. The lowest BCUT2D eigenvalue weighted by molar-refractivity contribution is -0.181. The molecule has 0 aromatic heterocycles. The van der Waals surface area contributed by atoms with Crippen LogP contribution in [0.15, 0.2) is 4.99 Å². The molecule has 1 heterocycles. The van der Waals surface area contributed by atoms with Crippen LogP contribution in [0.2, 0.25) is 0 Å². The van der Waals surface area contributed by atoms with E-state index >= 15 is 0 Å². The second kappa shape index (κ2) is 10.5. The Morgan fingerprint density at radius 1 is 1.19 bits per heavy atom. The molecule has 2 N–H and O–H groups in total. The number of aliphatic imine (C=N–C) groups is 1. The Morgan fingerprint density at radius 2 is 1.73 bits per heavy atom. The number of hydrogen-bond acceptors (Lipinski definition) is 3. The van der Waals surface area contributed by atoms with Gasteiger partial charge in [0.2, 0.25) is 5.91 Å². The zero-order chi connectivity index (χ0) is 19.3. The fourth-order valence-corrected chi connectivity index (χ4v) is 2.64. The van der Waals surface area contributed by atoms with Gasteiger partial charge in [-0.05, 0) is 27.7 Å². The van der Waals surface area contributed by atoms with Crippen LogP contribution in [-0.2, 0) is 4.79 Å². The van der Waals surface area contributed by atoms with Crippen LogP contribution in [0.4, 0.5) is 13.2 Å². The fraction of sp³-hybridized carbons (Fsp3) is 0.875. The van der Waals surface area contributed by atoms with Crippen molar-refractivity contribution in [3.63, 3.8) is 0 Å². The van der Waals surface area contributed by atoms with Crippen LogP contribution in [-0.4, -0.2) is 80.2 Å². The third-order valence-corrected chi connectivity index (χ3v) is 4.44. The van der Waals surface area contributed by atoms with Crippen LogP contribution < -0.4 is 10.6 Å². The highest BCUT2D eigenvalue weighted by molar-refractivity contribution is 14.0. The number of amides is 1. The molecule has 1 unspecified atom stereocenters. The van der Waals surface area contributed by atoms with Gasteiger partial charge in [0, 0.05) is 39.8 Å². The van der Waals surface area contributed by atoms with Gasteiger partial charge in [-0.3, -0.25) is 14.7 Å². The number of halogens is 4. The first kappa shape index (κ1) is 25.2. The zero-order valence-corrected chi connectivity index (χ0v) is 18.4. The largest absolute Gasteiger partial charge is 0.403 e. The van der Waals surface area contributed by atoms with Crippen molar-refractivity contribution in [2.45, 2.75) is 39.9 Å². The number of rotatable bonds is 5. The molecule has 6 nitrogen and oxygen atoms in total. The van der Waals surface area contributed by atoms with Crippen molar-refractivity contribution in [3.05, 3.63) is 0 Å². The summed E-state index contributed by atoms with van der Waals surface area (Å²) < 4.78 is 38.5. The first-order valence-corrected chi connectivity index (χ1v) is 8.59. The van der Waals surface area contributed by atoms with Crippen molar-refractivity contribution in [2.24, 2.45) is 10.4 Å². The molecule has 0 aromatic rings. The van der Waals surface area contributed by atoms with Crippen molar-refractivity contribution in [1.82, 2.24) is 20.4 Å². The topological polar surface area (TPSA) is 60.0 Å². The van der Waals surface area contributed by atoms with E-state index in [1.54, 1.807) is 7.05 Å². The van der Waals surface area contributed by atoms with Crippen molar-refractivity contribution in [1.29, 1.82) is 0 Å². The lowest BCUT2D eigenvalue weighted by Crippen LogP contribution is -2.57. The minimum absolute atomic E-state index is 0. The maximum absolute atomic E-state index is 12.8. The Morgan fingerprint density at radius 3 is 2.15 bits per heavy atom. The molecule has 0 spiro atoms. The van der Waals surface area contributed by atoms with Gasteiger partial charge < -0.3 is 15.5 Å². The van der Waals surface area contributed by atoms with Gasteiger partial charge in [0.05, 0.1) is 12.0 Å². The number of hydrogen-bond donors (Lipinski definition) is 2. The van der Waals surface area contributed by atoms with Gasteiger partial charge >= 0.3 is 6.18 Å². The van der Waals surface area contributed by atoms with E-state index in [-0.39, 0.29) is 29.9 Å². The zero-order valence-electron chi connectivity index (χ0n) is 16.1. The first-order valence-electron chi connectivity index (χ1n) is 8.59. The Balaban J connectivity index is 0.00000625. The third kappa shape index (κ3) is 7.09. The van der Waals surface area contributed by atoms with Gasteiger partial charge in [-0.2, -0.15) is 13.2 Å². The van der Waals surface area contributed by atoms with Gasteiger partial charge in [0.15, 0.2) is 5.96 Å². The van der Waals surface area contributed by atoms with Crippen molar-refractivity contribution in [2.75, 3.05) is 46.3 Å². The number of guanidine groups is 1. The maximum atomic E-state index is 12.8. The SMILES string of the molecule is CCNC(=NCC(C)(C)C(=O)NC)N1CCN(C(C)C(F)(F)F)CC1.I. The molecular formula is C16H31F3IN5O. The molecule has 0 aromatic carbocycles. The predicted molar refractivity (Wildman–Crippen MR) is 108 cm³/mol. The summed E-state index contributed by atoms with van der Waals surface area (Å²) in [4.78, 5) is 19.8. The van der Waals surface area contributed by atoms with E-state index in [2.05, 4.69) is 15.6 Å². The molecule has 1 aliphatic heterocycles. The monoisotopic (exact) mass is 493 g/mol. The van der Waals surface area contributed by atoms with E-state index < -0.39 is 17.6 Å². The second-order valence-electron chi connectivity index (χ2n) is 6.87. The second-order valence-corrected chi connectivity index (χ2v) is 6.87. The summed E-state index contributed by atoms with van der Waals surface area (Å²) in [5, 5.41) is 5.78. The van der Waals surface area contributed by atoms with Gasteiger partial charge in [-0.15, -0.1) is 24.0 Å². The van der Waals surface area contributed by atoms with E-state index in [4.69, 9.17) is 0 Å². The van der Waals surface area contributed by atoms with Crippen molar-refractivity contribution in [3.8, 4) is 0 Å². The quantitative estimate of drug-likeness (QED) is 0.349. The van der Waals surface area contributed by atoms with Crippen LogP contribution in [0.1, 0.15) is 27.7 Å². The molecule has 1 atom stereocenters. The average Bonchev–Trinajstić information content (AvgIpc) is 2.56. The number of piperazine rings is 1. The van der Waals surface area contributed by atoms with E-state index in [1.807, 2.05) is 25.7 Å². The third-order valence-electron chi connectivity index (χ3n) is 4.44. The van der Waals surface area contributed by atoms with Crippen LogP contribution in [0.3, 0.4) is 0 Å². The minimum atomic E-state index is -4.21. The van der Waals surface area contributed by atoms with Crippen LogP contribution in [0, 0.1) is 5.41 Å². The van der Waals surface area contributed by atoms with Gasteiger partial charge in [0.25, 0.3) is 0 Å². The molecule has 0 aliphatic carbocycles. The molecule has 154 valence electrons. The highest BCUT2D eigenvalue weighted by atomic mass is 127. The molecule has 10 heteroatoms. The molecule has 0 saturated carbocycles. The van der Waals surface area contributed by atoms with Crippen molar-refractivity contribution >= 4 is 35.8 Å². The predicted octanol–water partition coefficient (Wildman–Crippen LogP) is 1.91. The van der Waals surface area contributed by atoms with E-state index in [0.29, 0.717) is 45.2 Å². The minimum Gasteiger partial charge on any atom is -0.359 e. The lowest BCUT2D eigenvalue weighted by atomic mass is 9.93. The number of carbonyl (C=O) groups is 1. The summed E-state index contributed by atoms with van der Waals surface area (Å²) >= 11 is 0. The molecule has 1 fully saturated rings. The van der Waals surface area contributed by atoms with Crippen molar-refractivity contribution < 1.29 is 18.0 Å². The summed E-state index contributed by atoms with van der Waals surface area (Å²) in [6.45, 7) is 9.27. The number of carbonyl (C=O) groups excluding carboxylic acids is 1. The van der Waals surface area contributed by atoms with Gasteiger partial charge in [0.1, 0.15) is 6.04 Å². The number of alkyl halides is 3. The molecule has 1 saturated heterocycles. The van der Waals surface area contributed by atoms with Crippen LogP contribution in [0.5, 0.6) is 0 Å². The lowest BCUT2D eigenvalue weighted by Gasteiger charge is -2.39. The Hall–Kier alpha value is -0.780. The standard InChI is InChI=1S/C16H30F3N5O.HI/c1-6-21-14(22-11-15(3,4)13(25)20-5)24-9-7-23(8-10-24)12(2)16(17,18)19;/h12H,6-11H2,1-5H3,(H,20,25)(H,21,22);1H. The average molecular weight is 493 g/mol. The number of nitrogens with zero attached hydrogens (tertiary/aromatic N) is 3. The number of nitrogens with one attached hydrogen (secondary N) is 2. The normalized spacial score (nSPS) is 18.2. The summed E-state index contributed by atoms with van der Waals surface area (Å²) in [5.41, 5.74) is -0.651. The fourth-order valence-electron chi connectivity index (χ4n) is 2.64. The Kier molecular flexibility index (Phi) is 10.2. The smallest absolute Gasteiger partial charge is 0.359 e. The Labute approximate surface area is 171 Å². The molecule has 0 bridgehead atoms. The first-order chi connectivity index (χ1) is 11.5. The molecule has 1 rings (SSSR count). The summed E-state index contributed by atoms with van der Waals surface area (Å²) in [5.74, 6) is 0.537. The summed E-state index contributed by atoms with van der Waals surface area (Å²) in [7, 11) is 1.58. The Bertz CT molecular complexity index is 477. The molecule has 1 aliphatic rings. The highest BCUT2D eigenvalue weighted by Gasteiger charge is 2.41. The van der Waals surface area contributed by atoms with Crippen LogP contribution in [0.25, 0.3) is 0 Å². The van der Waals surface area contributed by atoms with E-state index in [0.717, 1.165) is 0 Å². The molecule has 1 amide bonds. The van der Waals surface area contributed by atoms with Gasteiger partial charge in [-0.25, -0.2) is 0 Å². The molecule has 26 heavy (non-hydrogen) atoms. The molecule has 0 radical (unpaired) electrons. The van der Waals surface area contributed by atoms with E-state index in [9.17, 15) is 18.0 Å². The molecular weight excluding hydrogens is 462 g/mol. The maximum Gasteiger partial charge on any atom is 0.403 e. The van der Waals surface area contributed by atoms with E-state index in [1.165, 1.54) is 11.8 Å². The van der Waals surface area contributed by atoms with Gasteiger partial charge in [-0.1, -0.05) is 0 Å². The highest BCUT2D eigenvalue weighted by Crippen LogP contribution is 2.25. The van der Waals surface area contributed by atoms with Crippen LogP contribution >= 0.6 is 24.0 Å².